The number of ether oxygens (including phenoxy) is 2. The fourth-order valence-electron chi connectivity index (χ4n) is 4.05. The lowest BCUT2D eigenvalue weighted by Gasteiger charge is -2.38. The molecule has 2 aromatic carbocycles. The van der Waals surface area contributed by atoms with Crippen LogP contribution in [0.3, 0.4) is 0 Å². The van der Waals surface area contributed by atoms with E-state index in [9.17, 15) is 4.79 Å². The molecule has 1 aliphatic heterocycles. The molecule has 0 atom stereocenters. The minimum Gasteiger partial charge on any atom is -0.497 e. The fourth-order valence-corrected chi connectivity index (χ4v) is 5.00. The van der Waals surface area contributed by atoms with Crippen LogP contribution >= 0.6 is 23.4 Å². The summed E-state index contributed by atoms with van der Waals surface area (Å²) in [5.41, 5.74) is 1.95. The van der Waals surface area contributed by atoms with Gasteiger partial charge in [0.25, 0.3) is 0 Å². The van der Waals surface area contributed by atoms with Crippen LogP contribution in [0, 0.1) is 6.92 Å². The number of methoxy groups -OCH3 is 1. The van der Waals surface area contributed by atoms with Crippen LogP contribution in [0.5, 0.6) is 5.75 Å². The number of hydrogen-bond donors (Lipinski definition) is 1. The van der Waals surface area contributed by atoms with Gasteiger partial charge in [0.05, 0.1) is 12.9 Å². The fraction of sp³-hybridized carbons (Fsp3) is 0.375. The van der Waals surface area contributed by atoms with Gasteiger partial charge in [-0.1, -0.05) is 35.5 Å². The minimum atomic E-state index is -0.150. The van der Waals surface area contributed by atoms with Gasteiger partial charge in [-0.15, -0.1) is 10.2 Å². The summed E-state index contributed by atoms with van der Waals surface area (Å²) in [5.74, 6) is 1.75. The minimum absolute atomic E-state index is 0.0400. The lowest BCUT2D eigenvalue weighted by Crippen LogP contribution is -2.45. The number of aryl methyl sites for hydroxylation is 1. The summed E-state index contributed by atoms with van der Waals surface area (Å²) in [6.07, 6.45) is 1.71. The first-order valence-electron chi connectivity index (χ1n) is 10.8. The monoisotopic (exact) mass is 486 g/mol. The van der Waals surface area contributed by atoms with Crippen molar-refractivity contribution in [3.8, 4) is 11.4 Å². The Hall–Kier alpha value is -2.55. The summed E-state index contributed by atoms with van der Waals surface area (Å²) in [4.78, 5) is 12.8. The molecule has 9 heteroatoms. The Bertz CT molecular complexity index is 1080. The van der Waals surface area contributed by atoms with Crippen LogP contribution < -0.4 is 10.1 Å². The highest BCUT2D eigenvalue weighted by atomic mass is 35.5. The number of halogens is 1. The SMILES string of the molecule is COc1ccc(-n2c(C)nnc2SCC(=O)NCC2(c3ccc(Cl)cc3)CCOCC2)cc1. The second-order valence-corrected chi connectivity index (χ2v) is 9.41. The highest BCUT2D eigenvalue weighted by Crippen LogP contribution is 2.35. The van der Waals surface area contributed by atoms with Crippen LogP contribution in [-0.4, -0.2) is 53.3 Å². The van der Waals surface area contributed by atoms with Crippen molar-refractivity contribution >= 4 is 29.3 Å². The summed E-state index contributed by atoms with van der Waals surface area (Å²) < 4.78 is 12.8. The molecule has 33 heavy (non-hydrogen) atoms. The van der Waals surface area contributed by atoms with Gasteiger partial charge in [-0.05, 0) is 61.7 Å². The molecule has 174 valence electrons. The number of amides is 1. The molecule has 7 nitrogen and oxygen atoms in total. The van der Waals surface area contributed by atoms with Crippen LogP contribution in [0.4, 0.5) is 0 Å². The van der Waals surface area contributed by atoms with E-state index in [2.05, 4.69) is 27.6 Å². The van der Waals surface area contributed by atoms with E-state index in [0.29, 0.717) is 29.9 Å². The molecule has 0 unspecified atom stereocenters. The van der Waals surface area contributed by atoms with Crippen LogP contribution in [0.15, 0.2) is 53.7 Å². The van der Waals surface area contributed by atoms with Crippen LogP contribution in [0.2, 0.25) is 5.02 Å². The van der Waals surface area contributed by atoms with Crippen molar-refractivity contribution in [1.29, 1.82) is 0 Å². The maximum absolute atomic E-state index is 12.8. The molecular formula is C24H27ClN4O3S. The van der Waals surface area contributed by atoms with E-state index >= 15 is 0 Å². The Morgan fingerprint density at radius 3 is 2.52 bits per heavy atom. The number of carbonyl (C=O) groups excluding carboxylic acids is 1. The van der Waals surface area contributed by atoms with Gasteiger partial charge in [0.15, 0.2) is 5.16 Å². The Morgan fingerprint density at radius 2 is 1.85 bits per heavy atom. The van der Waals surface area contributed by atoms with Crippen molar-refractivity contribution in [2.75, 3.05) is 32.6 Å². The van der Waals surface area contributed by atoms with E-state index in [1.165, 1.54) is 17.3 Å². The smallest absolute Gasteiger partial charge is 0.230 e. The highest BCUT2D eigenvalue weighted by Gasteiger charge is 2.34. The zero-order valence-corrected chi connectivity index (χ0v) is 20.3. The molecule has 4 rings (SSSR count). The molecule has 0 saturated carbocycles. The summed E-state index contributed by atoms with van der Waals surface area (Å²) in [6.45, 7) is 3.80. The van der Waals surface area contributed by atoms with E-state index in [4.69, 9.17) is 21.1 Å². The van der Waals surface area contributed by atoms with E-state index in [0.717, 1.165) is 30.1 Å². The zero-order chi connectivity index (χ0) is 23.3. The molecule has 0 spiro atoms. The van der Waals surface area contributed by atoms with Crippen molar-refractivity contribution in [2.45, 2.75) is 30.3 Å². The van der Waals surface area contributed by atoms with E-state index in [1.54, 1.807) is 7.11 Å². The first kappa shape index (κ1) is 23.6. The summed E-state index contributed by atoms with van der Waals surface area (Å²) in [6, 6.07) is 15.6. The number of nitrogens with one attached hydrogen (secondary N) is 1. The van der Waals surface area contributed by atoms with Gasteiger partial charge in [0, 0.05) is 35.9 Å². The van der Waals surface area contributed by atoms with Gasteiger partial charge in [0.1, 0.15) is 11.6 Å². The van der Waals surface area contributed by atoms with Gasteiger partial charge in [-0.2, -0.15) is 0 Å². The average molecular weight is 487 g/mol. The second-order valence-electron chi connectivity index (χ2n) is 8.03. The summed E-state index contributed by atoms with van der Waals surface area (Å²) >= 11 is 7.45. The molecule has 1 amide bonds. The lowest BCUT2D eigenvalue weighted by atomic mass is 9.74. The molecule has 3 aromatic rings. The van der Waals surface area contributed by atoms with Crippen molar-refractivity contribution in [3.05, 3.63) is 64.9 Å². The van der Waals surface area contributed by atoms with E-state index in [-0.39, 0.29) is 17.1 Å². The summed E-state index contributed by atoms with van der Waals surface area (Å²) in [7, 11) is 1.64. The standard InChI is InChI=1S/C24H27ClN4O3S/c1-17-27-28-23(29(17)20-7-9-21(31-2)10-8-20)33-15-22(30)26-16-24(11-13-32-14-12-24)18-3-5-19(25)6-4-18/h3-10H,11-16H2,1-2H3,(H,26,30). The first-order chi connectivity index (χ1) is 16.0. The van der Waals surface area contributed by atoms with Crippen molar-refractivity contribution < 1.29 is 14.3 Å². The van der Waals surface area contributed by atoms with Gasteiger partial charge < -0.3 is 14.8 Å². The molecule has 1 aromatic heterocycles. The number of thioether (sulfide) groups is 1. The molecule has 1 saturated heterocycles. The van der Waals surface area contributed by atoms with Gasteiger partial charge in [-0.25, -0.2) is 0 Å². The molecule has 1 aliphatic rings. The largest absolute Gasteiger partial charge is 0.497 e. The zero-order valence-electron chi connectivity index (χ0n) is 18.7. The number of benzene rings is 2. The maximum Gasteiger partial charge on any atom is 0.230 e. The Labute approximate surface area is 202 Å². The van der Waals surface area contributed by atoms with E-state index < -0.39 is 0 Å². The third-order valence-electron chi connectivity index (χ3n) is 5.99. The molecular weight excluding hydrogens is 460 g/mol. The normalized spacial score (nSPS) is 15.2. The predicted octanol–water partition coefficient (Wildman–Crippen LogP) is 4.19. The molecule has 0 aliphatic carbocycles. The van der Waals surface area contributed by atoms with Crippen LogP contribution in [0.1, 0.15) is 24.2 Å². The third-order valence-corrected chi connectivity index (χ3v) is 7.17. The van der Waals surface area contributed by atoms with Crippen molar-refractivity contribution in [3.63, 3.8) is 0 Å². The number of aromatic nitrogens is 3. The summed E-state index contributed by atoms with van der Waals surface area (Å²) in [5, 5.41) is 13.0. The molecule has 1 N–H and O–H groups in total. The molecule has 0 bridgehead atoms. The number of hydrogen-bond acceptors (Lipinski definition) is 6. The van der Waals surface area contributed by atoms with E-state index in [1.807, 2.05) is 47.9 Å². The molecule has 1 fully saturated rings. The van der Waals surface area contributed by atoms with Crippen molar-refractivity contribution in [1.82, 2.24) is 20.1 Å². The Kier molecular flexibility index (Phi) is 7.57. The van der Waals surface area contributed by atoms with Gasteiger partial charge >= 0.3 is 0 Å². The third kappa shape index (κ3) is 5.51. The Morgan fingerprint density at radius 1 is 1.15 bits per heavy atom. The topological polar surface area (TPSA) is 78.3 Å². The highest BCUT2D eigenvalue weighted by molar-refractivity contribution is 7.99. The number of rotatable bonds is 8. The quantitative estimate of drug-likeness (QED) is 0.481. The molecule has 0 radical (unpaired) electrons. The van der Waals surface area contributed by atoms with Gasteiger partial charge in [-0.3, -0.25) is 9.36 Å². The maximum atomic E-state index is 12.8. The van der Waals surface area contributed by atoms with Gasteiger partial charge in [0.2, 0.25) is 5.91 Å². The predicted molar refractivity (Wildman–Crippen MR) is 130 cm³/mol. The first-order valence-corrected chi connectivity index (χ1v) is 12.2. The van der Waals surface area contributed by atoms with Crippen LogP contribution in [-0.2, 0) is 14.9 Å². The number of nitrogens with zero attached hydrogens (tertiary/aromatic N) is 3. The number of carbonyl (C=O) groups is 1. The average Bonchev–Trinajstić information content (AvgIpc) is 3.22. The second kappa shape index (κ2) is 10.6. The molecule has 2 heterocycles. The lowest BCUT2D eigenvalue weighted by molar-refractivity contribution is -0.119. The van der Waals surface area contributed by atoms with Crippen LogP contribution in [0.25, 0.3) is 5.69 Å². The Balaban J connectivity index is 1.40. The van der Waals surface area contributed by atoms with Crippen molar-refractivity contribution in [2.24, 2.45) is 0 Å².